The molecule has 0 bridgehead atoms. The minimum absolute atomic E-state index is 0.00528. The molecule has 1 N–H and O–H groups in total. The summed E-state index contributed by atoms with van der Waals surface area (Å²) in [5.74, 6) is -1.07. The number of thioether (sulfide) groups is 1. The summed E-state index contributed by atoms with van der Waals surface area (Å²) >= 11 is 6.76. The van der Waals surface area contributed by atoms with E-state index in [4.69, 9.17) is 16.3 Å². The number of nitro benzene ring substituents is 1. The van der Waals surface area contributed by atoms with Crippen LogP contribution in [0.15, 0.2) is 41.3 Å². The lowest BCUT2D eigenvalue weighted by molar-refractivity contribution is -0.385. The average molecular weight is 421 g/mol. The molecule has 0 radical (unpaired) electrons. The highest BCUT2D eigenvalue weighted by atomic mass is 35.5. The number of aromatic hydroxyl groups is 1. The average Bonchev–Trinajstić information content (AvgIpc) is 2.92. The Kier molecular flexibility index (Phi) is 5.57. The molecule has 0 aliphatic carbocycles. The Labute approximate surface area is 168 Å². The molecule has 28 heavy (non-hydrogen) atoms. The van der Waals surface area contributed by atoms with Gasteiger partial charge in [-0.3, -0.25) is 24.6 Å². The zero-order valence-electron chi connectivity index (χ0n) is 14.4. The van der Waals surface area contributed by atoms with Gasteiger partial charge < -0.3 is 9.84 Å². The van der Waals surface area contributed by atoms with Crippen molar-refractivity contribution in [2.24, 2.45) is 0 Å². The second kappa shape index (κ2) is 7.91. The van der Waals surface area contributed by atoms with E-state index in [1.807, 2.05) is 0 Å². The van der Waals surface area contributed by atoms with Gasteiger partial charge in [-0.15, -0.1) is 0 Å². The summed E-state index contributed by atoms with van der Waals surface area (Å²) in [6.07, 6.45) is 1.22. The highest BCUT2D eigenvalue weighted by molar-refractivity contribution is 8.18. The van der Waals surface area contributed by atoms with Crippen molar-refractivity contribution in [2.75, 3.05) is 7.11 Å². The van der Waals surface area contributed by atoms with E-state index in [0.29, 0.717) is 22.3 Å². The Balaban J connectivity index is 1.95. The van der Waals surface area contributed by atoms with Crippen molar-refractivity contribution < 1.29 is 24.4 Å². The van der Waals surface area contributed by atoms with E-state index in [1.165, 1.54) is 13.2 Å². The first kappa shape index (κ1) is 19.7. The molecule has 0 aromatic heterocycles. The number of halogens is 1. The predicted octanol–water partition coefficient (Wildman–Crippen LogP) is 4.20. The number of amides is 2. The second-order valence-corrected chi connectivity index (χ2v) is 7.10. The molecule has 2 aromatic rings. The summed E-state index contributed by atoms with van der Waals surface area (Å²) in [4.78, 5) is 36.4. The van der Waals surface area contributed by atoms with Crippen molar-refractivity contribution in [3.63, 3.8) is 0 Å². The van der Waals surface area contributed by atoms with Gasteiger partial charge in [-0.05, 0) is 29.5 Å². The van der Waals surface area contributed by atoms with Crippen LogP contribution in [0.5, 0.6) is 11.5 Å². The molecular formula is C18H13ClN2O6S. The zero-order chi connectivity index (χ0) is 20.4. The maximum Gasteiger partial charge on any atom is 0.293 e. The van der Waals surface area contributed by atoms with Crippen LogP contribution in [0.2, 0.25) is 5.02 Å². The Hall–Kier alpha value is -3.04. The van der Waals surface area contributed by atoms with Gasteiger partial charge in [-0.1, -0.05) is 29.8 Å². The Morgan fingerprint density at radius 2 is 2.04 bits per heavy atom. The maximum absolute atomic E-state index is 12.6. The molecule has 0 unspecified atom stereocenters. The summed E-state index contributed by atoms with van der Waals surface area (Å²) < 4.78 is 4.93. The lowest BCUT2D eigenvalue weighted by Gasteiger charge is -2.13. The molecule has 144 valence electrons. The number of phenols is 1. The molecule has 0 saturated carbocycles. The molecule has 1 fully saturated rings. The standard InChI is InChI=1S/C18H13ClN2O6S/c1-27-14-8-12(21(25)26)6-11(16(14)22)7-15-17(23)20(18(24)28-15)9-10-4-2-3-5-13(10)19/h2-8,22H,9H2,1H3/b15-7-. The van der Waals surface area contributed by atoms with E-state index in [1.54, 1.807) is 24.3 Å². The van der Waals surface area contributed by atoms with Gasteiger partial charge >= 0.3 is 0 Å². The molecule has 2 aromatic carbocycles. The number of imide groups is 1. The van der Waals surface area contributed by atoms with Crippen molar-refractivity contribution in [3.05, 3.63) is 67.6 Å². The van der Waals surface area contributed by atoms with Crippen molar-refractivity contribution in [3.8, 4) is 11.5 Å². The zero-order valence-corrected chi connectivity index (χ0v) is 16.0. The van der Waals surface area contributed by atoms with E-state index in [9.17, 15) is 24.8 Å². The van der Waals surface area contributed by atoms with Gasteiger partial charge in [0.05, 0.1) is 29.5 Å². The fourth-order valence-corrected chi connectivity index (χ4v) is 3.58. The Morgan fingerprint density at radius 3 is 2.68 bits per heavy atom. The fourth-order valence-electron chi connectivity index (χ4n) is 2.56. The third-order valence-corrected chi connectivity index (χ3v) is 5.24. The van der Waals surface area contributed by atoms with Gasteiger partial charge in [0.15, 0.2) is 11.5 Å². The molecule has 8 nitrogen and oxygen atoms in total. The van der Waals surface area contributed by atoms with Crippen molar-refractivity contribution in [1.29, 1.82) is 0 Å². The van der Waals surface area contributed by atoms with Gasteiger partial charge in [-0.25, -0.2) is 0 Å². The van der Waals surface area contributed by atoms with Gasteiger partial charge in [0.25, 0.3) is 16.8 Å². The lowest BCUT2D eigenvalue weighted by Crippen LogP contribution is -2.27. The third-order valence-electron chi connectivity index (χ3n) is 3.97. The van der Waals surface area contributed by atoms with E-state index in [2.05, 4.69) is 0 Å². The number of phenolic OH excluding ortho intramolecular Hbond substituents is 1. The minimum Gasteiger partial charge on any atom is -0.504 e. The molecule has 1 aliphatic heterocycles. The molecule has 0 spiro atoms. The normalized spacial score (nSPS) is 15.4. The van der Waals surface area contributed by atoms with Crippen LogP contribution in [0.25, 0.3) is 6.08 Å². The van der Waals surface area contributed by atoms with Gasteiger partial charge in [0.1, 0.15) is 0 Å². The van der Waals surface area contributed by atoms with Crippen molar-refractivity contribution in [2.45, 2.75) is 6.54 Å². The van der Waals surface area contributed by atoms with Crippen LogP contribution in [-0.2, 0) is 11.3 Å². The smallest absolute Gasteiger partial charge is 0.293 e. The SMILES string of the molecule is COc1cc([N+](=O)[O-])cc(/C=C2\SC(=O)N(Cc3ccccc3Cl)C2=O)c1O. The van der Waals surface area contributed by atoms with Crippen molar-refractivity contribution >= 4 is 46.3 Å². The van der Waals surface area contributed by atoms with E-state index in [0.717, 1.165) is 17.0 Å². The first-order valence-electron chi connectivity index (χ1n) is 7.86. The van der Waals surface area contributed by atoms with Crippen LogP contribution in [0, 0.1) is 10.1 Å². The van der Waals surface area contributed by atoms with Gasteiger partial charge in [-0.2, -0.15) is 0 Å². The molecule has 0 atom stereocenters. The number of methoxy groups -OCH3 is 1. The number of hydrogen-bond donors (Lipinski definition) is 1. The molecule has 1 aliphatic rings. The predicted molar refractivity (Wildman–Crippen MR) is 104 cm³/mol. The molecule has 1 saturated heterocycles. The number of carbonyl (C=O) groups excluding carboxylic acids is 2. The third kappa shape index (κ3) is 3.80. The fraction of sp³-hybridized carbons (Fsp3) is 0.111. The number of benzene rings is 2. The van der Waals surface area contributed by atoms with E-state index < -0.39 is 16.1 Å². The van der Waals surface area contributed by atoms with Crippen LogP contribution in [0.1, 0.15) is 11.1 Å². The van der Waals surface area contributed by atoms with Crippen LogP contribution in [0.4, 0.5) is 10.5 Å². The number of carbonyl (C=O) groups is 2. The molecule has 1 heterocycles. The highest BCUT2D eigenvalue weighted by Crippen LogP contribution is 2.39. The summed E-state index contributed by atoms with van der Waals surface area (Å²) in [5.41, 5.74) is 0.276. The largest absolute Gasteiger partial charge is 0.504 e. The molecule has 10 heteroatoms. The van der Waals surface area contributed by atoms with Crippen LogP contribution in [0.3, 0.4) is 0 Å². The number of nitro groups is 1. The van der Waals surface area contributed by atoms with Gasteiger partial charge in [0.2, 0.25) is 0 Å². The van der Waals surface area contributed by atoms with E-state index in [-0.39, 0.29) is 34.2 Å². The maximum atomic E-state index is 12.6. The number of nitrogens with zero attached hydrogens (tertiary/aromatic N) is 2. The first-order chi connectivity index (χ1) is 13.3. The Bertz CT molecular complexity index is 1020. The summed E-state index contributed by atoms with van der Waals surface area (Å²) in [6, 6.07) is 8.99. The quantitative estimate of drug-likeness (QED) is 0.438. The van der Waals surface area contributed by atoms with Crippen LogP contribution >= 0.6 is 23.4 Å². The van der Waals surface area contributed by atoms with Crippen LogP contribution in [-0.4, -0.2) is 33.2 Å². The lowest BCUT2D eigenvalue weighted by atomic mass is 10.1. The summed E-state index contributed by atoms with van der Waals surface area (Å²) in [5, 5.41) is 21.2. The highest BCUT2D eigenvalue weighted by Gasteiger charge is 2.35. The topological polar surface area (TPSA) is 110 Å². The molecule has 2 amide bonds. The minimum atomic E-state index is -0.650. The number of ether oxygens (including phenoxy) is 1. The summed E-state index contributed by atoms with van der Waals surface area (Å²) in [6.45, 7) is -0.00802. The number of rotatable bonds is 5. The molecular weight excluding hydrogens is 408 g/mol. The Morgan fingerprint density at radius 1 is 1.32 bits per heavy atom. The first-order valence-corrected chi connectivity index (χ1v) is 9.05. The monoisotopic (exact) mass is 420 g/mol. The van der Waals surface area contributed by atoms with E-state index >= 15 is 0 Å². The van der Waals surface area contributed by atoms with Crippen LogP contribution < -0.4 is 4.74 Å². The second-order valence-electron chi connectivity index (χ2n) is 5.70. The molecule has 3 rings (SSSR count). The van der Waals surface area contributed by atoms with Crippen molar-refractivity contribution in [1.82, 2.24) is 4.90 Å². The summed E-state index contributed by atoms with van der Waals surface area (Å²) in [7, 11) is 1.25. The number of hydrogen-bond acceptors (Lipinski definition) is 7. The number of non-ortho nitro benzene ring substituents is 1. The van der Waals surface area contributed by atoms with Gasteiger partial charge in [0, 0.05) is 16.7 Å².